The minimum absolute atomic E-state index is 0.261. The fourth-order valence-electron chi connectivity index (χ4n) is 2.90. The molecule has 1 fully saturated rings. The monoisotopic (exact) mass is 239 g/mol. The van der Waals surface area contributed by atoms with Gasteiger partial charge >= 0.3 is 0 Å². The molecule has 0 aliphatic heterocycles. The first-order valence-electron chi connectivity index (χ1n) is 7.11. The Bertz CT molecular complexity index is 225. The molecule has 0 aromatic rings. The molecule has 4 atom stereocenters. The van der Waals surface area contributed by atoms with Crippen LogP contribution in [0.1, 0.15) is 59.8 Å². The highest BCUT2D eigenvalue weighted by atomic mass is 16.5. The summed E-state index contributed by atoms with van der Waals surface area (Å²) >= 11 is 0. The van der Waals surface area contributed by atoms with E-state index >= 15 is 0 Å². The van der Waals surface area contributed by atoms with Crippen molar-refractivity contribution in [3.63, 3.8) is 0 Å². The van der Waals surface area contributed by atoms with Crippen molar-refractivity contribution in [3.8, 4) is 0 Å². The molecule has 0 spiro atoms. The molecule has 2 heteroatoms. The zero-order valence-electron chi connectivity index (χ0n) is 11.7. The smallest absolute Gasteiger partial charge is 0.229 e. The Labute approximate surface area is 106 Å². The molecule has 0 aromatic heterocycles. The van der Waals surface area contributed by atoms with Crippen LogP contribution in [0.15, 0.2) is 0 Å². The molecule has 0 saturated heterocycles. The van der Waals surface area contributed by atoms with E-state index in [0.29, 0.717) is 11.8 Å². The van der Waals surface area contributed by atoms with Gasteiger partial charge in [-0.2, -0.15) is 0 Å². The summed E-state index contributed by atoms with van der Waals surface area (Å²) in [5.41, 5.74) is 0. The lowest BCUT2D eigenvalue weighted by atomic mass is 9.75. The standard InChI is InChI=1S/C15H27O2/c1-5-6-13(10-16)17-15-9-12(4)7-8-14(15)11(2)3/h11-15H,5-9H2,1-4H3. The van der Waals surface area contributed by atoms with E-state index in [-0.39, 0.29) is 12.2 Å². The summed E-state index contributed by atoms with van der Waals surface area (Å²) < 4.78 is 6.00. The van der Waals surface area contributed by atoms with Crippen LogP contribution in [0.2, 0.25) is 0 Å². The second-order valence-electron chi connectivity index (χ2n) is 5.90. The van der Waals surface area contributed by atoms with Gasteiger partial charge in [0.1, 0.15) is 6.10 Å². The lowest BCUT2D eigenvalue weighted by Crippen LogP contribution is -2.37. The average molecular weight is 239 g/mol. The summed E-state index contributed by atoms with van der Waals surface area (Å²) in [6.45, 7) is 8.89. The zero-order chi connectivity index (χ0) is 12.8. The van der Waals surface area contributed by atoms with Gasteiger partial charge in [-0.1, -0.05) is 40.5 Å². The van der Waals surface area contributed by atoms with Crippen molar-refractivity contribution >= 4 is 6.29 Å². The molecule has 0 N–H and O–H groups in total. The number of hydrogen-bond acceptors (Lipinski definition) is 2. The highest BCUT2D eigenvalue weighted by Crippen LogP contribution is 2.35. The van der Waals surface area contributed by atoms with Crippen LogP contribution in [-0.2, 0) is 9.53 Å². The van der Waals surface area contributed by atoms with E-state index in [9.17, 15) is 4.79 Å². The predicted octanol–water partition coefficient (Wildman–Crippen LogP) is 3.74. The van der Waals surface area contributed by atoms with Crippen LogP contribution < -0.4 is 0 Å². The predicted molar refractivity (Wildman–Crippen MR) is 70.6 cm³/mol. The van der Waals surface area contributed by atoms with Gasteiger partial charge in [-0.25, -0.2) is 0 Å². The number of hydrogen-bond donors (Lipinski definition) is 0. The van der Waals surface area contributed by atoms with E-state index in [1.54, 1.807) is 0 Å². The first-order chi connectivity index (χ1) is 8.08. The molecular weight excluding hydrogens is 212 g/mol. The molecule has 0 heterocycles. The quantitative estimate of drug-likeness (QED) is 0.705. The van der Waals surface area contributed by atoms with Gasteiger partial charge in [0.05, 0.1) is 6.10 Å². The van der Waals surface area contributed by atoms with Crippen molar-refractivity contribution in [2.24, 2.45) is 17.8 Å². The van der Waals surface area contributed by atoms with Crippen molar-refractivity contribution < 1.29 is 9.53 Å². The van der Waals surface area contributed by atoms with Crippen molar-refractivity contribution in [2.75, 3.05) is 0 Å². The van der Waals surface area contributed by atoms with Gasteiger partial charge in [0.25, 0.3) is 0 Å². The van der Waals surface area contributed by atoms with Crippen molar-refractivity contribution in [2.45, 2.75) is 72.0 Å². The lowest BCUT2D eigenvalue weighted by molar-refractivity contribution is -0.0598. The lowest BCUT2D eigenvalue weighted by Gasteiger charge is -2.38. The SMILES string of the molecule is CCCC([C]=O)OC1CC(C)CCC1C(C)C. The maximum Gasteiger partial charge on any atom is 0.229 e. The molecule has 4 unspecified atom stereocenters. The van der Waals surface area contributed by atoms with Crippen LogP contribution >= 0.6 is 0 Å². The largest absolute Gasteiger partial charge is 0.366 e. The summed E-state index contributed by atoms with van der Waals surface area (Å²) in [4.78, 5) is 10.9. The van der Waals surface area contributed by atoms with E-state index in [1.807, 2.05) is 0 Å². The fourth-order valence-corrected chi connectivity index (χ4v) is 2.90. The number of ether oxygens (including phenoxy) is 1. The van der Waals surface area contributed by atoms with E-state index in [1.165, 1.54) is 12.8 Å². The molecule has 0 amide bonds. The maximum atomic E-state index is 10.9. The second-order valence-corrected chi connectivity index (χ2v) is 5.90. The Balaban J connectivity index is 2.58. The van der Waals surface area contributed by atoms with Crippen LogP contribution in [0.3, 0.4) is 0 Å². The van der Waals surface area contributed by atoms with Gasteiger partial charge in [-0.05, 0) is 37.0 Å². The van der Waals surface area contributed by atoms with Gasteiger partial charge in [-0.3, -0.25) is 4.79 Å². The second kappa shape index (κ2) is 7.15. The summed E-state index contributed by atoms with van der Waals surface area (Å²) in [6.07, 6.45) is 7.43. The minimum Gasteiger partial charge on any atom is -0.366 e. The third-order valence-electron chi connectivity index (χ3n) is 3.98. The van der Waals surface area contributed by atoms with E-state index in [0.717, 1.165) is 25.2 Å². The average Bonchev–Trinajstić information content (AvgIpc) is 2.28. The molecule has 17 heavy (non-hydrogen) atoms. The fraction of sp³-hybridized carbons (Fsp3) is 0.933. The van der Waals surface area contributed by atoms with Gasteiger partial charge in [-0.15, -0.1) is 0 Å². The van der Waals surface area contributed by atoms with Gasteiger partial charge in [0, 0.05) is 0 Å². The molecule has 1 saturated carbocycles. The third-order valence-corrected chi connectivity index (χ3v) is 3.98. The van der Waals surface area contributed by atoms with E-state index in [2.05, 4.69) is 34.0 Å². The van der Waals surface area contributed by atoms with Crippen molar-refractivity contribution in [3.05, 3.63) is 0 Å². The van der Waals surface area contributed by atoms with Crippen LogP contribution in [0.4, 0.5) is 0 Å². The molecule has 0 aromatic carbocycles. The normalized spacial score (nSPS) is 31.5. The molecular formula is C15H27O2. The Morgan fingerprint density at radius 2 is 2.06 bits per heavy atom. The third kappa shape index (κ3) is 4.42. The van der Waals surface area contributed by atoms with Crippen molar-refractivity contribution in [1.82, 2.24) is 0 Å². The maximum absolute atomic E-state index is 10.9. The van der Waals surface area contributed by atoms with Gasteiger partial charge < -0.3 is 4.74 Å². The Morgan fingerprint density at radius 3 is 2.59 bits per heavy atom. The molecule has 1 aliphatic rings. The molecule has 1 radical (unpaired) electrons. The number of carbonyl (C=O) groups excluding carboxylic acids is 1. The summed E-state index contributed by atoms with van der Waals surface area (Å²) in [5, 5.41) is 0. The molecule has 99 valence electrons. The summed E-state index contributed by atoms with van der Waals surface area (Å²) in [6, 6.07) is 0. The minimum atomic E-state index is -0.309. The summed E-state index contributed by atoms with van der Waals surface area (Å²) in [5.74, 6) is 1.98. The van der Waals surface area contributed by atoms with Crippen molar-refractivity contribution in [1.29, 1.82) is 0 Å². The van der Waals surface area contributed by atoms with Crippen LogP contribution in [-0.4, -0.2) is 18.5 Å². The Hall–Kier alpha value is -0.370. The highest BCUT2D eigenvalue weighted by molar-refractivity contribution is 5.56. The van der Waals surface area contributed by atoms with Crippen LogP contribution in [0.25, 0.3) is 0 Å². The summed E-state index contributed by atoms with van der Waals surface area (Å²) in [7, 11) is 0. The topological polar surface area (TPSA) is 26.3 Å². The Kier molecular flexibility index (Phi) is 6.18. The highest BCUT2D eigenvalue weighted by Gasteiger charge is 2.32. The molecule has 2 nitrogen and oxygen atoms in total. The Morgan fingerprint density at radius 1 is 1.35 bits per heavy atom. The molecule has 0 bridgehead atoms. The van der Waals surface area contributed by atoms with E-state index < -0.39 is 0 Å². The molecule has 1 rings (SSSR count). The van der Waals surface area contributed by atoms with Gasteiger partial charge in [0.2, 0.25) is 6.29 Å². The zero-order valence-corrected chi connectivity index (χ0v) is 11.7. The van der Waals surface area contributed by atoms with Crippen LogP contribution in [0.5, 0.6) is 0 Å². The van der Waals surface area contributed by atoms with Crippen LogP contribution in [0, 0.1) is 17.8 Å². The number of rotatable bonds is 6. The first kappa shape index (κ1) is 14.7. The molecule has 1 aliphatic carbocycles. The van der Waals surface area contributed by atoms with E-state index in [4.69, 9.17) is 4.74 Å². The van der Waals surface area contributed by atoms with Gasteiger partial charge in [0.15, 0.2) is 0 Å². The first-order valence-corrected chi connectivity index (χ1v) is 7.11.